The van der Waals surface area contributed by atoms with Gasteiger partial charge in [-0.25, -0.2) is 19.2 Å². The maximum absolute atomic E-state index is 14.8. The summed E-state index contributed by atoms with van der Waals surface area (Å²) in [7, 11) is 0. The lowest BCUT2D eigenvalue weighted by molar-refractivity contribution is 0.0144. The number of aromatic nitrogens is 3. The van der Waals surface area contributed by atoms with E-state index in [2.05, 4.69) is 20.0 Å². The van der Waals surface area contributed by atoms with E-state index >= 15 is 0 Å². The van der Waals surface area contributed by atoms with Gasteiger partial charge in [0.25, 0.3) is 0 Å². The highest BCUT2D eigenvalue weighted by Gasteiger charge is 2.43. The van der Waals surface area contributed by atoms with E-state index in [-0.39, 0.29) is 29.7 Å². The molecule has 9 heteroatoms. The SMILES string of the molecule is Cc1cc(C(=O)O)nc(N2C3CCC2CC(OCc2c(-c4c(C)cccc4F)noc2C2CC2)C3)n1. The van der Waals surface area contributed by atoms with Gasteiger partial charge in [0.2, 0.25) is 5.95 Å². The van der Waals surface area contributed by atoms with E-state index < -0.39 is 5.97 Å². The molecule has 2 aromatic heterocycles. The predicted molar refractivity (Wildman–Crippen MR) is 129 cm³/mol. The van der Waals surface area contributed by atoms with E-state index in [1.54, 1.807) is 13.0 Å². The minimum absolute atomic E-state index is 0.0197. The number of carbonyl (C=O) groups is 1. The molecule has 1 saturated carbocycles. The number of fused-ring (bicyclic) bond motifs is 2. The summed E-state index contributed by atoms with van der Waals surface area (Å²) in [6, 6.07) is 6.91. The molecule has 2 aliphatic heterocycles. The van der Waals surface area contributed by atoms with Crippen LogP contribution in [0, 0.1) is 19.7 Å². The zero-order valence-electron chi connectivity index (χ0n) is 20.4. The highest BCUT2D eigenvalue weighted by Crippen LogP contribution is 2.45. The van der Waals surface area contributed by atoms with Gasteiger partial charge in [-0.3, -0.25) is 0 Å². The minimum Gasteiger partial charge on any atom is -0.477 e. The van der Waals surface area contributed by atoms with E-state index in [9.17, 15) is 14.3 Å². The van der Waals surface area contributed by atoms with Gasteiger partial charge in [-0.1, -0.05) is 17.3 Å². The largest absolute Gasteiger partial charge is 0.477 e. The first-order chi connectivity index (χ1) is 17.4. The topological polar surface area (TPSA) is 102 Å². The first kappa shape index (κ1) is 23.1. The Morgan fingerprint density at radius 2 is 1.92 bits per heavy atom. The van der Waals surface area contributed by atoms with Gasteiger partial charge in [-0.2, -0.15) is 0 Å². The average molecular weight is 493 g/mol. The molecule has 2 atom stereocenters. The van der Waals surface area contributed by atoms with Crippen LogP contribution in [-0.2, 0) is 11.3 Å². The number of piperidine rings is 1. The van der Waals surface area contributed by atoms with Crippen molar-refractivity contribution in [1.82, 2.24) is 15.1 Å². The molecule has 2 saturated heterocycles. The van der Waals surface area contributed by atoms with E-state index in [0.717, 1.165) is 55.4 Å². The Bertz CT molecular complexity index is 1290. The molecular formula is C27H29FN4O4. The lowest BCUT2D eigenvalue weighted by Crippen LogP contribution is -2.46. The van der Waals surface area contributed by atoms with Crippen molar-refractivity contribution in [3.05, 3.63) is 58.4 Å². The van der Waals surface area contributed by atoms with Crippen LogP contribution in [0.5, 0.6) is 0 Å². The van der Waals surface area contributed by atoms with Gasteiger partial charge >= 0.3 is 5.97 Å². The van der Waals surface area contributed by atoms with Gasteiger partial charge in [0.05, 0.1) is 12.7 Å². The van der Waals surface area contributed by atoms with Crippen LogP contribution in [0.25, 0.3) is 11.3 Å². The molecule has 1 aromatic carbocycles. The predicted octanol–water partition coefficient (Wildman–Crippen LogP) is 5.18. The number of aryl methyl sites for hydroxylation is 2. The third-order valence-corrected chi connectivity index (χ3v) is 7.67. The molecule has 36 heavy (non-hydrogen) atoms. The lowest BCUT2D eigenvalue weighted by Gasteiger charge is -2.39. The van der Waals surface area contributed by atoms with Crippen LogP contribution >= 0.6 is 0 Å². The zero-order chi connectivity index (χ0) is 25.0. The van der Waals surface area contributed by atoms with E-state index in [0.29, 0.717) is 35.4 Å². The number of ether oxygens (including phenoxy) is 1. The van der Waals surface area contributed by atoms with Crippen LogP contribution < -0.4 is 4.90 Å². The standard InChI is InChI=1S/C27H29FN4O4/c1-14-4-3-5-21(28)23(14)24-20(25(36-31-24)16-6-7-16)13-35-19-11-17-8-9-18(12-19)32(17)27-29-15(2)10-22(30-27)26(33)34/h3-5,10,16-19H,6-9,11-13H2,1-2H3,(H,33,34). The molecular weight excluding hydrogens is 463 g/mol. The Labute approximate surface area is 208 Å². The quantitative estimate of drug-likeness (QED) is 0.481. The first-order valence-corrected chi connectivity index (χ1v) is 12.6. The van der Waals surface area contributed by atoms with Crippen molar-refractivity contribution in [2.75, 3.05) is 4.90 Å². The number of rotatable bonds is 7. The summed E-state index contributed by atoms with van der Waals surface area (Å²) in [6.07, 6.45) is 5.71. The Morgan fingerprint density at radius 1 is 1.17 bits per heavy atom. The summed E-state index contributed by atoms with van der Waals surface area (Å²) in [5.74, 6) is 0.288. The molecule has 1 N–H and O–H groups in total. The van der Waals surface area contributed by atoms with Crippen LogP contribution in [0.4, 0.5) is 10.3 Å². The third-order valence-electron chi connectivity index (χ3n) is 7.67. The highest BCUT2D eigenvalue weighted by molar-refractivity contribution is 5.85. The monoisotopic (exact) mass is 492 g/mol. The van der Waals surface area contributed by atoms with Gasteiger partial charge < -0.3 is 19.3 Å². The van der Waals surface area contributed by atoms with Gasteiger partial charge in [0.1, 0.15) is 17.3 Å². The number of carboxylic acids is 1. The molecule has 0 amide bonds. The van der Waals surface area contributed by atoms with Crippen molar-refractivity contribution < 1.29 is 23.6 Å². The molecule has 1 aliphatic carbocycles. The Kier molecular flexibility index (Phi) is 5.75. The van der Waals surface area contributed by atoms with Crippen molar-refractivity contribution in [1.29, 1.82) is 0 Å². The number of carboxylic acid groups (broad SMARTS) is 1. The van der Waals surface area contributed by atoms with Crippen molar-refractivity contribution >= 4 is 11.9 Å². The Hall–Kier alpha value is -3.33. The molecule has 6 rings (SSSR count). The fourth-order valence-corrected chi connectivity index (χ4v) is 5.82. The molecule has 3 fully saturated rings. The van der Waals surface area contributed by atoms with Gasteiger partial charge in [0.15, 0.2) is 5.69 Å². The number of benzene rings is 1. The second kappa shape index (κ2) is 8.96. The fraction of sp³-hybridized carbons (Fsp3) is 0.481. The van der Waals surface area contributed by atoms with Crippen LogP contribution in [0.1, 0.15) is 77.5 Å². The van der Waals surface area contributed by atoms with Crippen LogP contribution in [-0.4, -0.2) is 44.4 Å². The summed E-state index contributed by atoms with van der Waals surface area (Å²) < 4.78 is 27.0. The van der Waals surface area contributed by atoms with Gasteiger partial charge in [0, 0.05) is 34.8 Å². The molecule has 8 nitrogen and oxygen atoms in total. The molecule has 4 heterocycles. The summed E-state index contributed by atoms with van der Waals surface area (Å²) in [6.45, 7) is 4.00. The number of aromatic carboxylic acids is 1. The normalized spacial score (nSPS) is 23.3. The Balaban J connectivity index is 1.21. The second-order valence-corrected chi connectivity index (χ2v) is 10.3. The minimum atomic E-state index is -1.05. The number of nitrogens with zero attached hydrogens (tertiary/aromatic N) is 4. The van der Waals surface area contributed by atoms with E-state index in [4.69, 9.17) is 9.26 Å². The molecule has 2 unspecified atom stereocenters. The lowest BCUT2D eigenvalue weighted by atomic mass is 9.98. The summed E-state index contributed by atoms with van der Waals surface area (Å²) in [4.78, 5) is 22.6. The molecule has 0 spiro atoms. The second-order valence-electron chi connectivity index (χ2n) is 10.3. The van der Waals surface area contributed by atoms with Gasteiger partial charge in [-0.15, -0.1) is 0 Å². The van der Waals surface area contributed by atoms with Crippen LogP contribution in [0.3, 0.4) is 0 Å². The summed E-state index contributed by atoms with van der Waals surface area (Å²) in [5.41, 5.74) is 3.36. The zero-order valence-corrected chi connectivity index (χ0v) is 20.4. The van der Waals surface area contributed by atoms with Crippen molar-refractivity contribution in [3.63, 3.8) is 0 Å². The molecule has 2 bridgehead atoms. The number of hydrogen-bond donors (Lipinski definition) is 1. The van der Waals surface area contributed by atoms with E-state index in [1.165, 1.54) is 12.1 Å². The third kappa shape index (κ3) is 4.15. The van der Waals surface area contributed by atoms with Crippen molar-refractivity contribution in [2.24, 2.45) is 0 Å². The fourth-order valence-electron chi connectivity index (χ4n) is 5.82. The maximum Gasteiger partial charge on any atom is 0.354 e. The molecule has 3 aromatic rings. The number of hydrogen-bond acceptors (Lipinski definition) is 7. The first-order valence-electron chi connectivity index (χ1n) is 12.6. The summed E-state index contributed by atoms with van der Waals surface area (Å²) >= 11 is 0. The number of halogens is 1. The van der Waals surface area contributed by atoms with Crippen molar-refractivity contribution in [3.8, 4) is 11.3 Å². The molecule has 3 aliphatic rings. The van der Waals surface area contributed by atoms with E-state index in [1.807, 2.05) is 13.0 Å². The van der Waals surface area contributed by atoms with Gasteiger partial charge in [-0.05, 0) is 70.1 Å². The van der Waals surface area contributed by atoms with Crippen LogP contribution in [0.2, 0.25) is 0 Å². The Morgan fingerprint density at radius 3 is 2.58 bits per heavy atom. The highest BCUT2D eigenvalue weighted by atomic mass is 19.1. The smallest absolute Gasteiger partial charge is 0.354 e. The number of anilines is 1. The molecule has 188 valence electrons. The average Bonchev–Trinajstić information content (AvgIpc) is 3.54. The summed E-state index contributed by atoms with van der Waals surface area (Å²) in [5, 5.41) is 13.7. The maximum atomic E-state index is 14.8. The van der Waals surface area contributed by atoms with Crippen LogP contribution in [0.15, 0.2) is 28.8 Å². The molecule has 0 radical (unpaired) electrons. The van der Waals surface area contributed by atoms with Crippen molar-refractivity contribution in [2.45, 2.75) is 83.1 Å².